The van der Waals surface area contributed by atoms with Crippen molar-refractivity contribution < 1.29 is 4.42 Å². The Morgan fingerprint density at radius 1 is 0.464 bits per heavy atom. The maximum atomic E-state index is 6.68. The predicted octanol–water partition coefficient (Wildman–Crippen LogP) is 12.8. The van der Waals surface area contributed by atoms with Crippen molar-refractivity contribution in [3.8, 4) is 45.3 Å². The Morgan fingerprint density at radius 3 is 1.84 bits per heavy atom. The van der Waals surface area contributed by atoms with Gasteiger partial charge in [-0.1, -0.05) is 176 Å². The van der Waals surface area contributed by atoms with E-state index < -0.39 is 5.41 Å². The first-order chi connectivity index (χ1) is 27.7. The second-order valence-electron chi connectivity index (χ2n) is 14.4. The van der Waals surface area contributed by atoms with Crippen LogP contribution in [-0.4, -0.2) is 15.0 Å². The van der Waals surface area contributed by atoms with Gasteiger partial charge in [0.05, 0.1) is 5.41 Å². The molecule has 0 bridgehead atoms. The Bertz CT molecular complexity index is 3040. The molecule has 56 heavy (non-hydrogen) atoms. The molecular formula is C52H33N3O. The highest BCUT2D eigenvalue weighted by Crippen LogP contribution is 2.59. The van der Waals surface area contributed by atoms with E-state index in [1.807, 2.05) is 66.7 Å². The van der Waals surface area contributed by atoms with Gasteiger partial charge in [0.25, 0.3) is 0 Å². The molecule has 0 saturated heterocycles. The van der Waals surface area contributed by atoms with Crippen LogP contribution in [-0.2, 0) is 5.41 Å². The summed E-state index contributed by atoms with van der Waals surface area (Å²) >= 11 is 0. The van der Waals surface area contributed by atoms with E-state index in [1.54, 1.807) is 0 Å². The minimum atomic E-state index is -0.622. The van der Waals surface area contributed by atoms with Crippen molar-refractivity contribution in [1.29, 1.82) is 0 Å². The summed E-state index contributed by atoms with van der Waals surface area (Å²) in [7, 11) is 0. The molecule has 2 aliphatic rings. The fourth-order valence-corrected chi connectivity index (χ4v) is 8.80. The molecule has 2 aromatic heterocycles. The zero-order valence-electron chi connectivity index (χ0n) is 30.4. The van der Waals surface area contributed by atoms with Crippen LogP contribution in [0.15, 0.2) is 199 Å². The number of fused-ring (bicyclic) bond motifs is 11. The Morgan fingerprint density at radius 2 is 1.07 bits per heavy atom. The Hall–Kier alpha value is -7.43. The molecule has 0 fully saturated rings. The van der Waals surface area contributed by atoms with Crippen molar-refractivity contribution in [1.82, 2.24) is 15.0 Å². The molecule has 0 aliphatic heterocycles. The fourth-order valence-electron chi connectivity index (χ4n) is 8.80. The summed E-state index contributed by atoms with van der Waals surface area (Å²) in [6.07, 6.45) is 6.71. The molecule has 1 spiro atoms. The summed E-state index contributed by atoms with van der Waals surface area (Å²) in [5.41, 5.74) is 14.1. The number of hydrogen-bond acceptors (Lipinski definition) is 4. The van der Waals surface area contributed by atoms with Gasteiger partial charge in [0.15, 0.2) is 17.5 Å². The molecule has 0 N–H and O–H groups in total. The third-order valence-electron chi connectivity index (χ3n) is 11.3. The summed E-state index contributed by atoms with van der Waals surface area (Å²) in [5, 5.41) is 2.25. The van der Waals surface area contributed by atoms with E-state index in [4.69, 9.17) is 25.9 Å². The molecular weight excluding hydrogens is 683 g/mol. The van der Waals surface area contributed by atoms with E-state index in [0.717, 1.165) is 66.5 Å². The van der Waals surface area contributed by atoms with Crippen LogP contribution >= 0.6 is 0 Å². The van der Waals surface area contributed by atoms with Crippen molar-refractivity contribution >= 4 is 33.6 Å². The van der Waals surface area contributed by atoms with E-state index in [0.29, 0.717) is 17.5 Å². The van der Waals surface area contributed by atoms with E-state index in [2.05, 4.69) is 121 Å². The number of aromatic nitrogens is 3. The van der Waals surface area contributed by atoms with E-state index >= 15 is 0 Å². The summed E-state index contributed by atoms with van der Waals surface area (Å²) in [4.78, 5) is 14.9. The number of allylic oxidation sites excluding steroid dienone is 4. The van der Waals surface area contributed by atoms with Gasteiger partial charge in [0.2, 0.25) is 0 Å². The van der Waals surface area contributed by atoms with Crippen LogP contribution in [0.1, 0.15) is 27.8 Å². The number of nitrogens with zero attached hydrogens (tertiary/aromatic N) is 3. The molecule has 11 rings (SSSR count). The average molecular weight is 716 g/mol. The molecule has 0 saturated carbocycles. The van der Waals surface area contributed by atoms with Crippen molar-refractivity contribution in [2.75, 3.05) is 0 Å². The molecule has 9 aromatic rings. The lowest BCUT2D eigenvalue weighted by atomic mass is 9.65. The van der Waals surface area contributed by atoms with E-state index in [-0.39, 0.29) is 0 Å². The molecule has 1 atom stereocenters. The van der Waals surface area contributed by atoms with Gasteiger partial charge < -0.3 is 4.42 Å². The van der Waals surface area contributed by atoms with Gasteiger partial charge in [-0.15, -0.1) is 0 Å². The lowest BCUT2D eigenvalue weighted by Gasteiger charge is -2.36. The SMILES string of the molecule is C=C1/C=C\C(c2cccc(-c3nc(-c4ccccc4)nc(-c4ccccc4)n3)c2)=C/c2ccccc2C12c1ccccc1-c1c2ccc2c1oc1ccccc12. The third-order valence-corrected chi connectivity index (χ3v) is 11.3. The zero-order chi connectivity index (χ0) is 37.2. The minimum absolute atomic E-state index is 0.620. The first-order valence-electron chi connectivity index (χ1n) is 18.9. The predicted molar refractivity (Wildman–Crippen MR) is 228 cm³/mol. The van der Waals surface area contributed by atoms with Crippen molar-refractivity contribution in [2.24, 2.45) is 0 Å². The number of furan rings is 1. The Kier molecular flexibility index (Phi) is 7.20. The quantitative estimate of drug-likeness (QED) is 0.182. The number of rotatable bonds is 4. The van der Waals surface area contributed by atoms with Gasteiger partial charge >= 0.3 is 0 Å². The first kappa shape index (κ1) is 32.0. The van der Waals surface area contributed by atoms with Crippen LogP contribution in [0.5, 0.6) is 0 Å². The molecule has 4 nitrogen and oxygen atoms in total. The van der Waals surface area contributed by atoms with Crippen LogP contribution in [0.2, 0.25) is 0 Å². The molecule has 4 heteroatoms. The van der Waals surface area contributed by atoms with Crippen LogP contribution < -0.4 is 0 Å². The maximum Gasteiger partial charge on any atom is 0.164 e. The second-order valence-corrected chi connectivity index (χ2v) is 14.4. The molecule has 7 aromatic carbocycles. The molecule has 1 unspecified atom stereocenters. The van der Waals surface area contributed by atoms with Crippen molar-refractivity contribution in [2.45, 2.75) is 5.41 Å². The highest BCUT2D eigenvalue weighted by atomic mass is 16.3. The molecule has 0 radical (unpaired) electrons. The van der Waals surface area contributed by atoms with Crippen molar-refractivity contribution in [3.05, 3.63) is 222 Å². The van der Waals surface area contributed by atoms with Gasteiger partial charge in [-0.3, -0.25) is 0 Å². The number of para-hydroxylation sites is 1. The third kappa shape index (κ3) is 4.83. The van der Waals surface area contributed by atoms with Gasteiger partial charge in [-0.2, -0.15) is 0 Å². The zero-order valence-corrected chi connectivity index (χ0v) is 30.4. The largest absolute Gasteiger partial charge is 0.455 e. The van der Waals surface area contributed by atoms with Gasteiger partial charge in [0.1, 0.15) is 11.2 Å². The first-order valence-corrected chi connectivity index (χ1v) is 18.9. The monoisotopic (exact) mass is 715 g/mol. The summed E-state index contributed by atoms with van der Waals surface area (Å²) in [5.74, 6) is 1.89. The molecule has 2 aliphatic carbocycles. The smallest absolute Gasteiger partial charge is 0.164 e. The molecule has 262 valence electrons. The fraction of sp³-hybridized carbons (Fsp3) is 0.0192. The lowest BCUT2D eigenvalue weighted by molar-refractivity contribution is 0.669. The number of hydrogen-bond donors (Lipinski definition) is 0. The Labute approximate surface area is 324 Å². The van der Waals surface area contributed by atoms with Crippen LogP contribution in [0, 0.1) is 0 Å². The summed E-state index contributed by atoms with van der Waals surface area (Å²) < 4.78 is 6.68. The summed E-state index contributed by atoms with van der Waals surface area (Å²) in [6.45, 7) is 4.87. The average Bonchev–Trinajstić information content (AvgIpc) is 3.79. The van der Waals surface area contributed by atoms with Crippen LogP contribution in [0.25, 0.3) is 78.9 Å². The minimum Gasteiger partial charge on any atom is -0.455 e. The Balaban J connectivity index is 1.08. The van der Waals surface area contributed by atoms with Gasteiger partial charge in [0, 0.05) is 33.0 Å². The van der Waals surface area contributed by atoms with Gasteiger partial charge in [-0.25, -0.2) is 15.0 Å². The standard InChI is InChI=1S/C52H33N3O/c1-33-27-28-37(36-20-14-21-39(32-36)51-54-49(34-15-4-2-5-16-34)53-50(55-51)35-17-6-3-7-18-35)31-38-19-8-11-24-43(38)52(33)44-25-12-9-23-42(44)47-45(52)30-29-41-40-22-10-13-26-46(40)56-48(41)47/h2-32H,1H2/b28-27-,37-31+. The number of benzene rings is 7. The second kappa shape index (κ2) is 12.6. The van der Waals surface area contributed by atoms with Crippen LogP contribution in [0.3, 0.4) is 0 Å². The highest BCUT2D eigenvalue weighted by molar-refractivity contribution is 6.12. The topological polar surface area (TPSA) is 51.8 Å². The lowest BCUT2D eigenvalue weighted by Crippen LogP contribution is -2.30. The molecule has 0 amide bonds. The van der Waals surface area contributed by atoms with Gasteiger partial charge in [-0.05, 0) is 62.7 Å². The van der Waals surface area contributed by atoms with E-state index in [1.165, 1.54) is 22.3 Å². The van der Waals surface area contributed by atoms with E-state index in [9.17, 15) is 0 Å². The highest BCUT2D eigenvalue weighted by Gasteiger charge is 2.48. The van der Waals surface area contributed by atoms with Crippen molar-refractivity contribution in [3.63, 3.8) is 0 Å². The molecule has 2 heterocycles. The summed E-state index contributed by atoms with van der Waals surface area (Å²) in [6, 6.07) is 59.0. The van der Waals surface area contributed by atoms with Crippen LogP contribution in [0.4, 0.5) is 0 Å². The maximum absolute atomic E-state index is 6.68. The normalized spacial score (nSPS) is 17.1.